The summed E-state index contributed by atoms with van der Waals surface area (Å²) in [6, 6.07) is 8.30. The molecule has 1 aromatic heterocycles. The van der Waals surface area contributed by atoms with Gasteiger partial charge >= 0.3 is 0 Å². The van der Waals surface area contributed by atoms with Crippen LogP contribution < -0.4 is 0 Å². The molecule has 0 saturated carbocycles. The number of hydrogen-bond donors (Lipinski definition) is 0. The third-order valence-corrected chi connectivity index (χ3v) is 2.24. The van der Waals surface area contributed by atoms with Crippen LogP contribution in [0.3, 0.4) is 0 Å². The van der Waals surface area contributed by atoms with Crippen LogP contribution in [0.5, 0.6) is 0 Å². The van der Waals surface area contributed by atoms with Gasteiger partial charge in [0.15, 0.2) is 0 Å². The molecule has 0 spiro atoms. The zero-order valence-corrected chi connectivity index (χ0v) is 8.14. The topological polar surface area (TPSA) is 25.8 Å². The zero-order chi connectivity index (χ0) is 9.80. The van der Waals surface area contributed by atoms with E-state index >= 15 is 0 Å². The number of aromatic nitrogens is 2. The fraction of sp³-hybridized carbons (Fsp3) is 0.167. The van der Waals surface area contributed by atoms with Crippen molar-refractivity contribution in [3.8, 4) is 11.3 Å². The maximum atomic E-state index is 4.30. The highest BCUT2D eigenvalue weighted by atomic mass is 14.8. The monoisotopic (exact) mass is 184 g/mol. The molecule has 2 nitrogen and oxygen atoms in total. The summed E-state index contributed by atoms with van der Waals surface area (Å²) in [7, 11) is 0. The van der Waals surface area contributed by atoms with Gasteiger partial charge in [0.25, 0.3) is 0 Å². The minimum absolute atomic E-state index is 0.949. The summed E-state index contributed by atoms with van der Waals surface area (Å²) in [5.41, 5.74) is 3.45. The summed E-state index contributed by atoms with van der Waals surface area (Å²) in [6.07, 6.45) is 6.24. The average molecular weight is 184 g/mol. The van der Waals surface area contributed by atoms with Crippen LogP contribution in [0, 0.1) is 0 Å². The Morgan fingerprint density at radius 3 is 2.71 bits per heavy atom. The molecule has 2 heteroatoms. The first-order chi connectivity index (χ1) is 6.92. The molecule has 1 aromatic carbocycles. The highest BCUT2D eigenvalue weighted by Gasteiger charge is 2.02. The van der Waals surface area contributed by atoms with E-state index in [-0.39, 0.29) is 0 Å². The van der Waals surface area contributed by atoms with Crippen molar-refractivity contribution in [2.45, 2.75) is 13.3 Å². The number of benzene rings is 1. The SMILES string of the molecule is CCc1ccccc1-c1cnccn1. The number of aryl methyl sites for hydroxylation is 1. The molecule has 0 atom stereocenters. The van der Waals surface area contributed by atoms with Crippen LogP contribution in [0.4, 0.5) is 0 Å². The Hall–Kier alpha value is -1.70. The third-order valence-electron chi connectivity index (χ3n) is 2.24. The Balaban J connectivity index is 2.51. The molecule has 2 aromatic rings. The van der Waals surface area contributed by atoms with E-state index in [4.69, 9.17) is 0 Å². The highest BCUT2D eigenvalue weighted by molar-refractivity contribution is 5.62. The molecule has 0 aliphatic rings. The number of rotatable bonds is 2. The van der Waals surface area contributed by atoms with Crippen molar-refractivity contribution < 1.29 is 0 Å². The van der Waals surface area contributed by atoms with Crippen molar-refractivity contribution >= 4 is 0 Å². The van der Waals surface area contributed by atoms with Crippen LogP contribution in [-0.4, -0.2) is 9.97 Å². The summed E-state index contributed by atoms with van der Waals surface area (Å²) >= 11 is 0. The molecule has 70 valence electrons. The highest BCUT2D eigenvalue weighted by Crippen LogP contribution is 2.20. The first-order valence-electron chi connectivity index (χ1n) is 4.76. The lowest BCUT2D eigenvalue weighted by Crippen LogP contribution is -1.89. The van der Waals surface area contributed by atoms with E-state index in [1.54, 1.807) is 18.6 Å². The van der Waals surface area contributed by atoms with Gasteiger partial charge < -0.3 is 0 Å². The zero-order valence-electron chi connectivity index (χ0n) is 8.14. The van der Waals surface area contributed by atoms with E-state index in [1.165, 1.54) is 11.1 Å². The summed E-state index contributed by atoms with van der Waals surface area (Å²) in [4.78, 5) is 8.37. The molecule has 0 fully saturated rings. The van der Waals surface area contributed by atoms with Crippen LogP contribution in [0.15, 0.2) is 42.9 Å². The largest absolute Gasteiger partial charge is 0.261 e. The van der Waals surface area contributed by atoms with E-state index in [9.17, 15) is 0 Å². The van der Waals surface area contributed by atoms with Gasteiger partial charge in [-0.2, -0.15) is 0 Å². The second kappa shape index (κ2) is 4.01. The lowest BCUT2D eigenvalue weighted by Gasteiger charge is -2.05. The van der Waals surface area contributed by atoms with Crippen molar-refractivity contribution in [2.75, 3.05) is 0 Å². The van der Waals surface area contributed by atoms with E-state index < -0.39 is 0 Å². The van der Waals surface area contributed by atoms with E-state index in [0.717, 1.165) is 12.1 Å². The fourth-order valence-electron chi connectivity index (χ4n) is 1.52. The molecule has 1 heterocycles. The van der Waals surface area contributed by atoms with Crippen LogP contribution in [0.25, 0.3) is 11.3 Å². The van der Waals surface area contributed by atoms with E-state index in [1.807, 2.05) is 6.07 Å². The van der Waals surface area contributed by atoms with Crippen LogP contribution in [0.2, 0.25) is 0 Å². The van der Waals surface area contributed by atoms with Crippen LogP contribution in [0.1, 0.15) is 12.5 Å². The Bertz CT molecular complexity index is 410. The lowest BCUT2D eigenvalue weighted by molar-refractivity contribution is 1.12. The molecule has 0 saturated heterocycles. The molecule has 0 bridgehead atoms. The molecule has 0 aliphatic heterocycles. The molecule has 14 heavy (non-hydrogen) atoms. The van der Waals surface area contributed by atoms with Gasteiger partial charge in [-0.15, -0.1) is 0 Å². The predicted molar refractivity (Wildman–Crippen MR) is 56.8 cm³/mol. The summed E-state index contributed by atoms with van der Waals surface area (Å²) in [5, 5.41) is 0. The fourth-order valence-corrected chi connectivity index (χ4v) is 1.52. The second-order valence-corrected chi connectivity index (χ2v) is 3.10. The maximum Gasteiger partial charge on any atom is 0.0887 e. The smallest absolute Gasteiger partial charge is 0.0887 e. The Kier molecular flexibility index (Phi) is 2.54. The second-order valence-electron chi connectivity index (χ2n) is 3.10. The minimum Gasteiger partial charge on any atom is -0.261 e. The van der Waals surface area contributed by atoms with Crippen LogP contribution >= 0.6 is 0 Å². The van der Waals surface area contributed by atoms with Crippen molar-refractivity contribution in [3.63, 3.8) is 0 Å². The minimum atomic E-state index is 0.949. The van der Waals surface area contributed by atoms with Gasteiger partial charge in [0, 0.05) is 18.0 Å². The van der Waals surface area contributed by atoms with Crippen molar-refractivity contribution in [3.05, 3.63) is 48.4 Å². The van der Waals surface area contributed by atoms with E-state index in [0.29, 0.717) is 0 Å². The third kappa shape index (κ3) is 1.64. The summed E-state index contributed by atoms with van der Waals surface area (Å²) in [6.45, 7) is 2.15. The number of nitrogens with zero attached hydrogens (tertiary/aromatic N) is 2. The summed E-state index contributed by atoms with van der Waals surface area (Å²) in [5.74, 6) is 0. The molecule has 0 amide bonds. The van der Waals surface area contributed by atoms with Gasteiger partial charge in [-0.25, -0.2) is 0 Å². The van der Waals surface area contributed by atoms with Gasteiger partial charge in [-0.1, -0.05) is 31.2 Å². The molecule has 0 unspecified atom stereocenters. The maximum absolute atomic E-state index is 4.30. The standard InChI is InChI=1S/C12H12N2/c1-2-10-5-3-4-6-11(10)12-9-13-7-8-14-12/h3-9H,2H2,1H3. The quantitative estimate of drug-likeness (QED) is 0.717. The normalized spacial score (nSPS) is 10.1. The molecular formula is C12H12N2. The molecular weight excluding hydrogens is 172 g/mol. The lowest BCUT2D eigenvalue weighted by atomic mass is 10.0. The average Bonchev–Trinajstić information content (AvgIpc) is 2.30. The molecule has 0 aliphatic carbocycles. The van der Waals surface area contributed by atoms with Crippen molar-refractivity contribution in [2.24, 2.45) is 0 Å². The number of hydrogen-bond acceptors (Lipinski definition) is 2. The van der Waals surface area contributed by atoms with Gasteiger partial charge in [0.05, 0.1) is 11.9 Å². The van der Waals surface area contributed by atoms with Gasteiger partial charge in [-0.05, 0) is 12.0 Å². The summed E-state index contributed by atoms with van der Waals surface area (Å²) < 4.78 is 0. The predicted octanol–water partition coefficient (Wildman–Crippen LogP) is 2.71. The first-order valence-corrected chi connectivity index (χ1v) is 4.76. The van der Waals surface area contributed by atoms with E-state index in [2.05, 4.69) is 35.1 Å². The van der Waals surface area contributed by atoms with Gasteiger partial charge in [-0.3, -0.25) is 9.97 Å². The van der Waals surface area contributed by atoms with Crippen molar-refractivity contribution in [1.82, 2.24) is 9.97 Å². The first kappa shape index (κ1) is 8.88. The van der Waals surface area contributed by atoms with Crippen LogP contribution in [-0.2, 0) is 6.42 Å². The molecule has 0 N–H and O–H groups in total. The Labute approximate surface area is 83.7 Å². The Morgan fingerprint density at radius 1 is 1.14 bits per heavy atom. The molecule has 2 rings (SSSR count). The van der Waals surface area contributed by atoms with Gasteiger partial charge in [0.2, 0.25) is 0 Å². The van der Waals surface area contributed by atoms with Gasteiger partial charge in [0.1, 0.15) is 0 Å². The Morgan fingerprint density at radius 2 is 2.00 bits per heavy atom. The molecule has 0 radical (unpaired) electrons. The van der Waals surface area contributed by atoms with Crippen molar-refractivity contribution in [1.29, 1.82) is 0 Å².